The molecular weight excluding hydrogens is 240 g/mol. The van der Waals surface area contributed by atoms with Crippen molar-refractivity contribution in [3.63, 3.8) is 0 Å². The van der Waals surface area contributed by atoms with E-state index in [0.717, 1.165) is 0 Å². The van der Waals surface area contributed by atoms with Gasteiger partial charge in [0.1, 0.15) is 11.7 Å². The molecule has 104 valence electrons. The number of carbonyl (C=O) groups excluding carboxylic acids is 1. The lowest BCUT2D eigenvalue weighted by molar-refractivity contribution is -0.493. The van der Waals surface area contributed by atoms with Crippen LogP contribution < -0.4 is 5.32 Å². The minimum absolute atomic E-state index is 0.0637. The molecule has 0 aromatic rings. The average molecular weight is 260 g/mol. The number of carbonyl (C=O) groups is 1. The molecule has 0 bridgehead atoms. The van der Waals surface area contributed by atoms with Crippen molar-refractivity contribution in [2.45, 2.75) is 51.4 Å². The maximum atomic E-state index is 11.4. The van der Waals surface area contributed by atoms with Crippen LogP contribution in [0.4, 0.5) is 4.79 Å². The molecule has 18 heavy (non-hydrogen) atoms. The molecule has 0 aromatic heterocycles. The van der Waals surface area contributed by atoms with E-state index in [9.17, 15) is 20.0 Å². The number of nitrogens with one attached hydrogen (secondary N) is 1. The van der Waals surface area contributed by atoms with Crippen molar-refractivity contribution in [3.8, 4) is 0 Å². The number of aliphatic hydroxyl groups is 1. The summed E-state index contributed by atoms with van der Waals surface area (Å²) in [5.74, 6) is -0.115. The Morgan fingerprint density at radius 2 is 2.11 bits per heavy atom. The number of alkyl carbamates (subject to hydrolysis) is 1. The van der Waals surface area contributed by atoms with Crippen LogP contribution >= 0.6 is 0 Å². The summed E-state index contributed by atoms with van der Waals surface area (Å²) in [6, 6.07) is -0.0637. The second kappa shape index (κ2) is 5.51. The predicted octanol–water partition coefficient (Wildman–Crippen LogP) is 0.927. The molecule has 0 heterocycles. The van der Waals surface area contributed by atoms with E-state index in [-0.39, 0.29) is 12.0 Å². The monoisotopic (exact) mass is 260 g/mol. The molecule has 1 saturated carbocycles. The Morgan fingerprint density at radius 1 is 1.56 bits per heavy atom. The third kappa shape index (κ3) is 4.87. The third-order valence-electron chi connectivity index (χ3n) is 2.78. The van der Waals surface area contributed by atoms with Gasteiger partial charge in [0, 0.05) is 11.0 Å². The third-order valence-corrected chi connectivity index (χ3v) is 2.78. The highest BCUT2D eigenvalue weighted by atomic mass is 16.6. The Bertz CT molecular complexity index is 320. The van der Waals surface area contributed by atoms with Gasteiger partial charge in [-0.1, -0.05) is 0 Å². The molecular formula is C11H20N2O5. The van der Waals surface area contributed by atoms with Crippen molar-refractivity contribution in [2.75, 3.05) is 6.54 Å². The first-order valence-electron chi connectivity index (χ1n) is 5.97. The molecule has 0 aromatic carbocycles. The Labute approximate surface area is 106 Å². The molecule has 1 unspecified atom stereocenters. The molecule has 2 N–H and O–H groups in total. The topological polar surface area (TPSA) is 102 Å². The number of nitrogens with zero attached hydrogens (tertiary/aromatic N) is 1. The lowest BCUT2D eigenvalue weighted by atomic mass is 9.77. The number of hydrogen-bond donors (Lipinski definition) is 2. The number of rotatable bonds is 4. The molecule has 0 spiro atoms. The number of aliphatic hydroxyl groups excluding tert-OH is 1. The van der Waals surface area contributed by atoms with Gasteiger partial charge in [-0.15, -0.1) is 0 Å². The van der Waals surface area contributed by atoms with Gasteiger partial charge >= 0.3 is 6.09 Å². The normalized spacial score (nSPS) is 24.9. The van der Waals surface area contributed by atoms with Crippen LogP contribution in [-0.4, -0.2) is 40.4 Å². The van der Waals surface area contributed by atoms with E-state index >= 15 is 0 Å². The minimum atomic E-state index is -0.934. The van der Waals surface area contributed by atoms with Gasteiger partial charge in [0.15, 0.2) is 0 Å². The van der Waals surface area contributed by atoms with Crippen molar-refractivity contribution < 1.29 is 19.6 Å². The van der Waals surface area contributed by atoms with Crippen LogP contribution in [0.15, 0.2) is 0 Å². The summed E-state index contributed by atoms with van der Waals surface area (Å²) in [5, 5.41) is 22.4. The van der Waals surface area contributed by atoms with Gasteiger partial charge in [-0.25, -0.2) is 4.79 Å². The summed E-state index contributed by atoms with van der Waals surface area (Å²) < 4.78 is 5.08. The van der Waals surface area contributed by atoms with Gasteiger partial charge in [0.2, 0.25) is 6.54 Å². The quantitative estimate of drug-likeness (QED) is 0.578. The van der Waals surface area contributed by atoms with Gasteiger partial charge in [-0.2, -0.15) is 0 Å². The highest BCUT2D eigenvalue weighted by molar-refractivity contribution is 5.68. The maximum absolute atomic E-state index is 11.4. The van der Waals surface area contributed by atoms with Crippen LogP contribution in [0.3, 0.4) is 0 Å². The largest absolute Gasteiger partial charge is 0.444 e. The van der Waals surface area contributed by atoms with Gasteiger partial charge < -0.3 is 15.2 Å². The van der Waals surface area contributed by atoms with Crippen LogP contribution in [0.1, 0.15) is 33.6 Å². The fraction of sp³-hybridized carbons (Fsp3) is 0.909. The zero-order valence-electron chi connectivity index (χ0n) is 10.9. The van der Waals surface area contributed by atoms with Crippen LogP contribution in [-0.2, 0) is 4.74 Å². The molecule has 1 rings (SSSR count). The predicted molar refractivity (Wildman–Crippen MR) is 63.7 cm³/mol. The zero-order chi connectivity index (χ0) is 13.9. The van der Waals surface area contributed by atoms with E-state index < -0.39 is 29.3 Å². The molecule has 0 saturated heterocycles. The Balaban J connectivity index is 2.23. The summed E-state index contributed by atoms with van der Waals surface area (Å²) >= 11 is 0. The first-order chi connectivity index (χ1) is 8.17. The molecule has 0 radical (unpaired) electrons. The van der Waals surface area contributed by atoms with Crippen LogP contribution in [0, 0.1) is 16.0 Å². The molecule has 0 aliphatic heterocycles. The number of hydrogen-bond acceptors (Lipinski definition) is 5. The minimum Gasteiger partial charge on any atom is -0.444 e. The second-order valence-corrected chi connectivity index (χ2v) is 5.66. The van der Waals surface area contributed by atoms with Gasteiger partial charge in [-0.3, -0.25) is 10.1 Å². The van der Waals surface area contributed by atoms with Crippen molar-refractivity contribution in [1.29, 1.82) is 0 Å². The summed E-state index contributed by atoms with van der Waals surface area (Å²) in [5.41, 5.74) is -0.543. The highest BCUT2D eigenvalue weighted by Crippen LogP contribution is 2.30. The fourth-order valence-electron chi connectivity index (χ4n) is 1.87. The van der Waals surface area contributed by atoms with Crippen molar-refractivity contribution in [3.05, 3.63) is 10.1 Å². The van der Waals surface area contributed by atoms with E-state index in [0.29, 0.717) is 12.8 Å². The van der Waals surface area contributed by atoms with Crippen LogP contribution in [0.2, 0.25) is 0 Å². The molecule has 7 heteroatoms. The van der Waals surface area contributed by atoms with Gasteiger partial charge in [0.25, 0.3) is 0 Å². The van der Waals surface area contributed by atoms with E-state index in [1.807, 2.05) is 0 Å². The summed E-state index contributed by atoms with van der Waals surface area (Å²) in [7, 11) is 0. The first-order valence-corrected chi connectivity index (χ1v) is 5.97. The van der Waals surface area contributed by atoms with E-state index in [4.69, 9.17) is 4.74 Å². The second-order valence-electron chi connectivity index (χ2n) is 5.66. The fourth-order valence-corrected chi connectivity index (χ4v) is 1.87. The smallest absolute Gasteiger partial charge is 0.407 e. The van der Waals surface area contributed by atoms with E-state index in [2.05, 4.69) is 5.32 Å². The maximum Gasteiger partial charge on any atom is 0.407 e. The number of ether oxygens (including phenoxy) is 1. The van der Waals surface area contributed by atoms with Crippen LogP contribution in [0.5, 0.6) is 0 Å². The number of amides is 1. The lowest BCUT2D eigenvalue weighted by Crippen LogP contribution is -2.50. The summed E-state index contributed by atoms with van der Waals surface area (Å²) in [4.78, 5) is 21.1. The van der Waals surface area contributed by atoms with Crippen LogP contribution in [0.25, 0.3) is 0 Å². The molecule has 1 atom stereocenters. The summed E-state index contributed by atoms with van der Waals surface area (Å²) in [6.07, 6.45) is -0.325. The summed E-state index contributed by atoms with van der Waals surface area (Å²) in [6.45, 7) is 4.88. The molecule has 1 fully saturated rings. The van der Waals surface area contributed by atoms with E-state index in [1.165, 1.54) is 0 Å². The van der Waals surface area contributed by atoms with Crippen molar-refractivity contribution >= 4 is 6.09 Å². The molecule has 1 amide bonds. The molecule has 1 aliphatic carbocycles. The first kappa shape index (κ1) is 14.7. The van der Waals surface area contributed by atoms with Crippen molar-refractivity contribution in [2.24, 2.45) is 5.92 Å². The van der Waals surface area contributed by atoms with E-state index in [1.54, 1.807) is 20.8 Å². The Kier molecular flexibility index (Phi) is 4.50. The standard InChI is InChI=1S/C11H20N2O5/c1-11(2,3)18-10(15)12-8-4-7(5-8)9(14)6-13(16)17/h7-9,14H,4-6H2,1-3H3,(H,12,15)/t7-,8-,9?. The lowest BCUT2D eigenvalue weighted by Gasteiger charge is -2.37. The van der Waals surface area contributed by atoms with Gasteiger partial charge in [-0.05, 0) is 39.5 Å². The average Bonchev–Trinajstić information content (AvgIpc) is 2.05. The Morgan fingerprint density at radius 3 is 2.56 bits per heavy atom. The Hall–Kier alpha value is -1.37. The molecule has 1 aliphatic rings. The number of nitro groups is 1. The van der Waals surface area contributed by atoms with Crippen molar-refractivity contribution in [1.82, 2.24) is 5.32 Å². The molecule has 7 nitrogen and oxygen atoms in total. The highest BCUT2D eigenvalue weighted by Gasteiger charge is 2.37. The SMILES string of the molecule is CC(C)(C)OC(=O)N[C@H]1C[C@H](C(O)C[N+](=O)[O-])C1. The van der Waals surface area contributed by atoms with Gasteiger partial charge in [0.05, 0.1) is 0 Å². The zero-order valence-corrected chi connectivity index (χ0v) is 10.9.